The highest BCUT2D eigenvalue weighted by Crippen LogP contribution is 2.32. The Bertz CT molecular complexity index is 616. The van der Waals surface area contributed by atoms with Gasteiger partial charge >= 0.3 is 0 Å². The summed E-state index contributed by atoms with van der Waals surface area (Å²) >= 11 is 6.16. The van der Waals surface area contributed by atoms with Crippen molar-refractivity contribution in [2.24, 2.45) is 0 Å². The Morgan fingerprint density at radius 1 is 1.19 bits per heavy atom. The van der Waals surface area contributed by atoms with Gasteiger partial charge in [0.1, 0.15) is 17.3 Å². The molecule has 0 aliphatic carbocycles. The lowest BCUT2D eigenvalue weighted by Gasteiger charge is -2.13. The second-order valence-electron chi connectivity index (χ2n) is 4.93. The van der Waals surface area contributed by atoms with Crippen LogP contribution in [0.4, 0.5) is 4.39 Å². The van der Waals surface area contributed by atoms with Crippen molar-refractivity contribution in [2.75, 3.05) is 6.54 Å². The molecule has 0 spiro atoms. The number of hydrogen-bond acceptors (Lipinski definition) is 2. The first-order valence-corrected chi connectivity index (χ1v) is 7.41. The summed E-state index contributed by atoms with van der Waals surface area (Å²) in [4.78, 5) is 0. The first kappa shape index (κ1) is 15.8. The first-order valence-electron chi connectivity index (χ1n) is 7.04. The highest BCUT2D eigenvalue weighted by molar-refractivity contribution is 6.32. The molecule has 0 bridgehead atoms. The normalized spacial score (nSPS) is 10.7. The van der Waals surface area contributed by atoms with E-state index in [0.29, 0.717) is 28.6 Å². The van der Waals surface area contributed by atoms with E-state index in [1.54, 1.807) is 18.2 Å². The van der Waals surface area contributed by atoms with Gasteiger partial charge in [0.25, 0.3) is 0 Å². The van der Waals surface area contributed by atoms with Gasteiger partial charge in [0.2, 0.25) is 0 Å². The highest BCUT2D eigenvalue weighted by Gasteiger charge is 2.11. The van der Waals surface area contributed by atoms with Crippen molar-refractivity contribution in [1.29, 1.82) is 0 Å². The molecule has 0 unspecified atom stereocenters. The van der Waals surface area contributed by atoms with Crippen LogP contribution in [0.2, 0.25) is 5.02 Å². The number of benzene rings is 2. The summed E-state index contributed by atoms with van der Waals surface area (Å²) in [5, 5.41) is 3.71. The summed E-state index contributed by atoms with van der Waals surface area (Å²) in [6.07, 6.45) is 0.994. The molecule has 2 nitrogen and oxygen atoms in total. The van der Waals surface area contributed by atoms with E-state index >= 15 is 0 Å². The largest absolute Gasteiger partial charge is 0.455 e. The zero-order chi connectivity index (χ0) is 15.2. The average Bonchev–Trinajstić information content (AvgIpc) is 2.45. The minimum absolute atomic E-state index is 0.278. The molecule has 0 saturated carbocycles. The van der Waals surface area contributed by atoms with Crippen molar-refractivity contribution >= 4 is 11.6 Å². The number of rotatable bonds is 6. The Hall–Kier alpha value is -1.58. The van der Waals surface area contributed by atoms with E-state index in [0.717, 1.165) is 18.5 Å². The molecular weight excluding hydrogens is 289 g/mol. The fourth-order valence-electron chi connectivity index (χ4n) is 2.00. The Morgan fingerprint density at radius 2 is 2.00 bits per heavy atom. The molecule has 0 amide bonds. The molecule has 1 N–H and O–H groups in total. The van der Waals surface area contributed by atoms with Gasteiger partial charge in [0.05, 0.1) is 5.02 Å². The van der Waals surface area contributed by atoms with Crippen LogP contribution in [-0.2, 0) is 6.54 Å². The number of hydrogen-bond donors (Lipinski definition) is 1. The zero-order valence-corrected chi connectivity index (χ0v) is 13.0. The average molecular weight is 308 g/mol. The summed E-state index contributed by atoms with van der Waals surface area (Å²) < 4.78 is 19.8. The van der Waals surface area contributed by atoms with Gasteiger partial charge in [0.15, 0.2) is 0 Å². The number of halogens is 2. The van der Waals surface area contributed by atoms with Crippen molar-refractivity contribution < 1.29 is 9.13 Å². The van der Waals surface area contributed by atoms with E-state index in [-0.39, 0.29) is 5.82 Å². The highest BCUT2D eigenvalue weighted by atomic mass is 35.5. The predicted octanol–water partition coefficient (Wildman–Crippen LogP) is 5.08. The van der Waals surface area contributed by atoms with E-state index in [2.05, 4.69) is 12.2 Å². The smallest absolute Gasteiger partial charge is 0.146 e. The summed E-state index contributed by atoms with van der Waals surface area (Å²) in [6, 6.07) is 10.4. The molecule has 0 aliphatic rings. The standard InChI is InChI=1S/C17H19ClFNO/c1-3-9-20-11-13-15(19)5-4-6-16(13)21-17-8-7-12(2)10-14(17)18/h4-8,10,20H,3,9,11H2,1-2H3. The molecule has 0 atom stereocenters. The quantitative estimate of drug-likeness (QED) is 0.751. The van der Waals surface area contributed by atoms with Crippen molar-refractivity contribution in [3.63, 3.8) is 0 Å². The van der Waals surface area contributed by atoms with Gasteiger partial charge in [-0.15, -0.1) is 0 Å². The fourth-order valence-corrected chi connectivity index (χ4v) is 2.28. The van der Waals surface area contributed by atoms with Crippen molar-refractivity contribution in [3.8, 4) is 11.5 Å². The van der Waals surface area contributed by atoms with Crippen LogP contribution >= 0.6 is 11.6 Å². The predicted molar refractivity (Wildman–Crippen MR) is 84.7 cm³/mol. The van der Waals surface area contributed by atoms with Crippen LogP contribution in [0.25, 0.3) is 0 Å². The number of ether oxygens (including phenoxy) is 1. The third-order valence-corrected chi connectivity index (χ3v) is 3.41. The maximum absolute atomic E-state index is 14.0. The lowest BCUT2D eigenvalue weighted by Crippen LogP contribution is -2.15. The van der Waals surface area contributed by atoms with E-state index in [1.165, 1.54) is 6.07 Å². The van der Waals surface area contributed by atoms with Gasteiger partial charge < -0.3 is 10.1 Å². The summed E-state index contributed by atoms with van der Waals surface area (Å²) in [7, 11) is 0. The summed E-state index contributed by atoms with van der Waals surface area (Å²) in [5.74, 6) is 0.744. The van der Waals surface area contributed by atoms with Crippen LogP contribution in [0.5, 0.6) is 11.5 Å². The summed E-state index contributed by atoms with van der Waals surface area (Å²) in [5.41, 5.74) is 1.57. The second-order valence-corrected chi connectivity index (χ2v) is 5.34. The molecule has 2 aromatic rings. The van der Waals surface area contributed by atoms with Gasteiger partial charge in [-0.3, -0.25) is 0 Å². The summed E-state index contributed by atoms with van der Waals surface area (Å²) in [6.45, 7) is 5.29. The molecule has 0 fully saturated rings. The van der Waals surface area contributed by atoms with Gasteiger partial charge in [0, 0.05) is 12.1 Å². The molecule has 0 aromatic heterocycles. The lowest BCUT2D eigenvalue weighted by atomic mass is 10.1. The van der Waals surface area contributed by atoms with Crippen molar-refractivity contribution in [1.82, 2.24) is 5.32 Å². The zero-order valence-electron chi connectivity index (χ0n) is 12.2. The molecule has 21 heavy (non-hydrogen) atoms. The Labute approximate surface area is 129 Å². The second kappa shape index (κ2) is 7.43. The van der Waals surface area contributed by atoms with Crippen LogP contribution in [0.15, 0.2) is 36.4 Å². The molecular formula is C17H19ClFNO. The van der Waals surface area contributed by atoms with Gasteiger partial charge in [-0.05, 0) is 49.7 Å². The topological polar surface area (TPSA) is 21.3 Å². The molecule has 2 rings (SSSR count). The van der Waals surface area contributed by atoms with E-state index < -0.39 is 0 Å². The monoisotopic (exact) mass is 307 g/mol. The van der Waals surface area contributed by atoms with Crippen LogP contribution in [-0.4, -0.2) is 6.54 Å². The SMILES string of the molecule is CCCNCc1c(F)cccc1Oc1ccc(C)cc1Cl. The first-order chi connectivity index (χ1) is 10.1. The fraction of sp³-hybridized carbons (Fsp3) is 0.294. The Morgan fingerprint density at radius 3 is 2.71 bits per heavy atom. The molecule has 2 aromatic carbocycles. The van der Waals surface area contributed by atoms with Crippen LogP contribution in [0.3, 0.4) is 0 Å². The minimum Gasteiger partial charge on any atom is -0.455 e. The third kappa shape index (κ3) is 4.19. The maximum atomic E-state index is 14.0. The van der Waals surface area contributed by atoms with Gasteiger partial charge in [-0.1, -0.05) is 30.7 Å². The molecule has 0 radical (unpaired) electrons. The van der Waals surface area contributed by atoms with Crippen molar-refractivity contribution in [2.45, 2.75) is 26.8 Å². The van der Waals surface area contributed by atoms with Crippen LogP contribution in [0.1, 0.15) is 24.5 Å². The lowest BCUT2D eigenvalue weighted by molar-refractivity contribution is 0.462. The number of nitrogens with one attached hydrogen (secondary N) is 1. The van der Waals surface area contributed by atoms with E-state index in [4.69, 9.17) is 16.3 Å². The molecule has 0 heterocycles. The van der Waals surface area contributed by atoms with Crippen molar-refractivity contribution in [3.05, 3.63) is 58.4 Å². The molecule has 0 saturated heterocycles. The number of aryl methyl sites for hydroxylation is 1. The Kier molecular flexibility index (Phi) is 5.59. The van der Waals surface area contributed by atoms with E-state index in [1.807, 2.05) is 19.1 Å². The van der Waals surface area contributed by atoms with Gasteiger partial charge in [-0.2, -0.15) is 0 Å². The van der Waals surface area contributed by atoms with Crippen LogP contribution in [0, 0.1) is 12.7 Å². The molecule has 0 aliphatic heterocycles. The molecule has 112 valence electrons. The molecule has 4 heteroatoms. The van der Waals surface area contributed by atoms with Crippen LogP contribution < -0.4 is 10.1 Å². The Balaban J connectivity index is 2.24. The maximum Gasteiger partial charge on any atom is 0.146 e. The van der Waals surface area contributed by atoms with Gasteiger partial charge in [-0.25, -0.2) is 4.39 Å². The van der Waals surface area contributed by atoms with E-state index in [9.17, 15) is 4.39 Å². The third-order valence-electron chi connectivity index (χ3n) is 3.11. The minimum atomic E-state index is -0.278.